The topological polar surface area (TPSA) is 18.5 Å². The molecular formula is C19H17BF12O2. The van der Waals surface area contributed by atoms with Gasteiger partial charge >= 0.3 is 24.7 Å². The minimum Gasteiger partial charge on any atom is -0.357 e. The molecule has 0 heterocycles. The molecule has 1 fully saturated rings. The van der Waals surface area contributed by atoms with Crippen molar-refractivity contribution in [2.24, 2.45) is 5.92 Å². The summed E-state index contributed by atoms with van der Waals surface area (Å²) in [6, 6.07) is -0.180. The van der Waals surface area contributed by atoms with Gasteiger partial charge in [-0.1, -0.05) is 31.9 Å². The minimum absolute atomic E-state index is 0.0209. The summed E-state index contributed by atoms with van der Waals surface area (Å²) in [6.45, 7) is 1.08. The van der Waals surface area contributed by atoms with E-state index in [1.54, 1.807) is 0 Å². The fraction of sp³-hybridized carbons (Fsp3) is 0.684. The third kappa shape index (κ3) is 4.16. The average molecular weight is 516 g/mol. The van der Waals surface area contributed by atoms with Gasteiger partial charge in [0, 0.05) is 25.3 Å². The zero-order valence-corrected chi connectivity index (χ0v) is 17.7. The number of rotatable bonds is 6. The van der Waals surface area contributed by atoms with Crippen LogP contribution in [0, 0.1) is 5.92 Å². The van der Waals surface area contributed by atoms with Crippen LogP contribution in [0.2, 0.25) is 0 Å². The van der Waals surface area contributed by atoms with Gasteiger partial charge in [0.1, 0.15) is 0 Å². The van der Waals surface area contributed by atoms with Crippen LogP contribution in [0.4, 0.5) is 52.7 Å². The van der Waals surface area contributed by atoms with Crippen LogP contribution in [-0.2, 0) is 26.0 Å². The molecule has 1 saturated carbocycles. The zero-order valence-electron chi connectivity index (χ0n) is 17.7. The first kappa shape index (κ1) is 28.6. The van der Waals surface area contributed by atoms with E-state index in [4.69, 9.17) is 7.85 Å². The van der Waals surface area contributed by atoms with Gasteiger partial charge in [-0.15, -0.1) is 0 Å². The first-order valence-corrected chi connectivity index (χ1v) is 9.37. The molecule has 15 heteroatoms. The Morgan fingerprint density at radius 3 is 1.09 bits per heavy atom. The van der Waals surface area contributed by atoms with Gasteiger partial charge in [0.25, 0.3) is 11.2 Å². The molecule has 1 atom stereocenters. The molecule has 1 aromatic rings. The van der Waals surface area contributed by atoms with Crippen molar-refractivity contribution in [2.45, 2.75) is 61.0 Å². The molecule has 0 aliphatic heterocycles. The molecular weight excluding hydrogens is 499 g/mol. The zero-order chi connectivity index (χ0) is 26.8. The van der Waals surface area contributed by atoms with Crippen LogP contribution < -0.4 is 0 Å². The molecule has 0 saturated heterocycles. The van der Waals surface area contributed by atoms with Crippen LogP contribution in [0.3, 0.4) is 0 Å². The molecule has 1 aliphatic rings. The van der Waals surface area contributed by atoms with E-state index in [2.05, 4.69) is 9.47 Å². The molecule has 2 rings (SSSR count). The van der Waals surface area contributed by atoms with E-state index >= 15 is 0 Å². The highest BCUT2D eigenvalue weighted by atomic mass is 19.4. The number of methoxy groups -OCH3 is 2. The van der Waals surface area contributed by atoms with Crippen molar-refractivity contribution in [2.75, 3.05) is 14.2 Å². The standard InChI is InChI=1S/C19H17BF12O2/c1-13(20,9-4-5-9)10-6-11(14(33-2,16(21,22)23)17(24,25)26)8-12(7-10)15(34-3,18(27,28)29)19(30,31)32/h6-9H,4-5H2,1-3H3. The monoisotopic (exact) mass is 516 g/mol. The van der Waals surface area contributed by atoms with E-state index in [0.29, 0.717) is 12.8 Å². The lowest BCUT2D eigenvalue weighted by molar-refractivity contribution is -0.385. The lowest BCUT2D eigenvalue weighted by atomic mass is 9.61. The number of benzene rings is 1. The number of hydrogen-bond donors (Lipinski definition) is 0. The Bertz CT molecular complexity index is 808. The highest BCUT2D eigenvalue weighted by Crippen LogP contribution is 2.57. The van der Waals surface area contributed by atoms with Crippen molar-refractivity contribution < 1.29 is 62.2 Å². The molecule has 2 nitrogen and oxygen atoms in total. The lowest BCUT2D eigenvalue weighted by Crippen LogP contribution is -2.57. The van der Waals surface area contributed by atoms with Crippen LogP contribution in [0.5, 0.6) is 0 Å². The van der Waals surface area contributed by atoms with Gasteiger partial charge in [-0.05, 0) is 22.9 Å². The van der Waals surface area contributed by atoms with Gasteiger partial charge in [-0.2, -0.15) is 52.7 Å². The van der Waals surface area contributed by atoms with Crippen molar-refractivity contribution in [1.82, 2.24) is 0 Å². The molecule has 192 valence electrons. The minimum atomic E-state index is -6.34. The van der Waals surface area contributed by atoms with E-state index < -0.39 is 69.9 Å². The molecule has 1 aromatic carbocycles. The van der Waals surface area contributed by atoms with Crippen LogP contribution in [0.1, 0.15) is 36.5 Å². The highest BCUT2D eigenvalue weighted by molar-refractivity contribution is 6.16. The predicted molar refractivity (Wildman–Crippen MR) is 93.9 cm³/mol. The fourth-order valence-corrected chi connectivity index (χ4v) is 3.94. The summed E-state index contributed by atoms with van der Waals surface area (Å²) in [6.07, 6.45) is -24.8. The first-order chi connectivity index (χ1) is 15.0. The van der Waals surface area contributed by atoms with Gasteiger partial charge < -0.3 is 9.47 Å². The smallest absolute Gasteiger partial charge is 0.357 e. The summed E-state index contributed by atoms with van der Waals surface area (Å²) in [5.74, 6) is -0.613. The third-order valence-corrected chi connectivity index (χ3v) is 6.00. The normalized spacial score (nSPS) is 18.7. The van der Waals surface area contributed by atoms with Crippen molar-refractivity contribution >= 4 is 7.85 Å². The molecule has 0 bridgehead atoms. The Hall–Kier alpha value is -1.64. The second-order valence-corrected chi connectivity index (χ2v) is 8.12. The van der Waals surface area contributed by atoms with Gasteiger partial charge in [-0.3, -0.25) is 0 Å². The second kappa shape index (κ2) is 8.21. The van der Waals surface area contributed by atoms with Gasteiger partial charge in [0.2, 0.25) is 0 Å². The summed E-state index contributed by atoms with van der Waals surface area (Å²) in [5.41, 5.74) is -15.5. The summed E-state index contributed by atoms with van der Waals surface area (Å²) in [5, 5.41) is -1.86. The van der Waals surface area contributed by atoms with Gasteiger partial charge in [0.15, 0.2) is 0 Å². The summed E-state index contributed by atoms with van der Waals surface area (Å²) in [7, 11) is 5.94. The van der Waals surface area contributed by atoms with Crippen molar-refractivity contribution in [3.8, 4) is 0 Å². The summed E-state index contributed by atoms with van der Waals surface area (Å²) >= 11 is 0. The predicted octanol–water partition coefficient (Wildman–Crippen LogP) is 6.41. The Morgan fingerprint density at radius 2 is 0.882 bits per heavy atom. The van der Waals surface area contributed by atoms with E-state index in [1.165, 1.54) is 0 Å². The molecule has 0 spiro atoms. The lowest BCUT2D eigenvalue weighted by Gasteiger charge is -2.40. The summed E-state index contributed by atoms with van der Waals surface area (Å²) in [4.78, 5) is 0. The van der Waals surface area contributed by atoms with Crippen molar-refractivity contribution in [3.63, 3.8) is 0 Å². The third-order valence-electron chi connectivity index (χ3n) is 6.00. The van der Waals surface area contributed by atoms with E-state index in [9.17, 15) is 52.7 Å². The molecule has 2 radical (unpaired) electrons. The molecule has 0 amide bonds. The number of alkyl halides is 12. The quantitative estimate of drug-likeness (QED) is 0.322. The molecule has 0 aromatic heterocycles. The summed E-state index contributed by atoms with van der Waals surface area (Å²) < 4.78 is 173. The molecule has 1 unspecified atom stereocenters. The second-order valence-electron chi connectivity index (χ2n) is 8.12. The van der Waals surface area contributed by atoms with E-state index in [1.807, 2.05) is 0 Å². The van der Waals surface area contributed by atoms with Crippen molar-refractivity contribution in [1.29, 1.82) is 0 Å². The SMILES string of the molecule is [B]C(C)(c1cc(C(OC)(C(F)(F)F)C(F)(F)F)cc(C(OC)(C(F)(F)F)C(F)(F)F)c1)C1CC1. The maximum absolute atomic E-state index is 13.8. The van der Waals surface area contributed by atoms with E-state index in [0.717, 1.165) is 6.92 Å². The number of halogens is 12. The Labute approximate surface area is 187 Å². The van der Waals surface area contributed by atoms with Gasteiger partial charge in [-0.25, -0.2) is 0 Å². The maximum atomic E-state index is 13.8. The Kier molecular flexibility index (Phi) is 6.90. The average Bonchev–Trinajstić information content (AvgIpc) is 3.44. The van der Waals surface area contributed by atoms with E-state index in [-0.39, 0.29) is 26.4 Å². The Balaban J connectivity index is 3.11. The van der Waals surface area contributed by atoms with Crippen LogP contribution in [0.25, 0.3) is 0 Å². The van der Waals surface area contributed by atoms with Crippen LogP contribution in [-0.4, -0.2) is 46.8 Å². The largest absolute Gasteiger partial charge is 0.430 e. The molecule has 0 N–H and O–H groups in total. The van der Waals surface area contributed by atoms with Crippen LogP contribution >= 0.6 is 0 Å². The highest BCUT2D eigenvalue weighted by Gasteiger charge is 2.75. The maximum Gasteiger partial charge on any atom is 0.430 e. The molecule has 1 aliphatic carbocycles. The van der Waals surface area contributed by atoms with Crippen molar-refractivity contribution in [3.05, 3.63) is 34.9 Å². The van der Waals surface area contributed by atoms with Crippen LogP contribution in [0.15, 0.2) is 18.2 Å². The number of hydrogen-bond acceptors (Lipinski definition) is 2. The number of ether oxygens (including phenoxy) is 2. The molecule has 34 heavy (non-hydrogen) atoms. The first-order valence-electron chi connectivity index (χ1n) is 9.37. The Morgan fingerprint density at radius 1 is 0.618 bits per heavy atom. The van der Waals surface area contributed by atoms with Gasteiger partial charge in [0.05, 0.1) is 7.85 Å². The fourth-order valence-electron chi connectivity index (χ4n) is 3.94.